The maximum absolute atomic E-state index is 13.7. The van der Waals surface area contributed by atoms with Crippen LogP contribution < -0.4 is 16.0 Å². The third-order valence-electron chi connectivity index (χ3n) is 13.7. The van der Waals surface area contributed by atoms with E-state index >= 15 is 0 Å². The van der Waals surface area contributed by atoms with Crippen LogP contribution in [0.2, 0.25) is 0 Å². The number of halogens is 1. The number of benzene rings is 6. The lowest BCUT2D eigenvalue weighted by Gasteiger charge is -2.25. The first-order chi connectivity index (χ1) is 38.7. The first-order valence-electron chi connectivity index (χ1n) is 26.3. The number of aromatic carboxylic acids is 1. The van der Waals surface area contributed by atoms with E-state index < -0.39 is 17.9 Å². The van der Waals surface area contributed by atoms with Crippen LogP contribution in [0.1, 0.15) is 112 Å². The summed E-state index contributed by atoms with van der Waals surface area (Å²) in [6, 6.07) is 52.2. The maximum atomic E-state index is 13.7. The van der Waals surface area contributed by atoms with E-state index in [0.717, 1.165) is 27.8 Å². The van der Waals surface area contributed by atoms with Crippen LogP contribution in [-0.4, -0.2) is 65.4 Å². The van der Waals surface area contributed by atoms with Crippen molar-refractivity contribution in [3.05, 3.63) is 251 Å². The highest BCUT2D eigenvalue weighted by Gasteiger charge is 2.28. The highest BCUT2D eigenvalue weighted by atomic mass is 19.1. The van der Waals surface area contributed by atoms with Crippen LogP contribution in [0, 0.1) is 5.82 Å². The van der Waals surface area contributed by atoms with Crippen LogP contribution in [0.3, 0.4) is 0 Å². The number of nitrogens with one attached hydrogen (secondary N) is 3. The number of amides is 4. The van der Waals surface area contributed by atoms with E-state index in [9.17, 15) is 28.4 Å². The van der Waals surface area contributed by atoms with Crippen molar-refractivity contribution in [2.75, 3.05) is 17.7 Å². The number of hydrogen-bond donors (Lipinski definition) is 4. The molecular weight excluding hydrogens is 1020 g/mol. The predicted molar refractivity (Wildman–Crippen MR) is 314 cm³/mol. The Balaban J connectivity index is 0.000000218. The van der Waals surface area contributed by atoms with Gasteiger partial charge in [0.25, 0.3) is 17.7 Å². The van der Waals surface area contributed by atoms with Crippen molar-refractivity contribution in [1.29, 1.82) is 0 Å². The van der Waals surface area contributed by atoms with Crippen molar-refractivity contribution < 1.29 is 33.5 Å². The summed E-state index contributed by atoms with van der Waals surface area (Å²) in [5.41, 5.74) is 10.6. The third kappa shape index (κ3) is 13.3. The zero-order valence-electron chi connectivity index (χ0n) is 45.9. The Morgan fingerprint density at radius 2 is 0.975 bits per heavy atom. The number of anilines is 2. The maximum Gasteiger partial charge on any atom is 0.356 e. The lowest BCUT2D eigenvalue weighted by atomic mass is 9.86. The van der Waals surface area contributed by atoms with E-state index in [1.165, 1.54) is 34.4 Å². The van der Waals surface area contributed by atoms with Crippen molar-refractivity contribution in [1.82, 2.24) is 29.0 Å². The minimum absolute atomic E-state index is 0.0197. The molecule has 1 atom stereocenters. The summed E-state index contributed by atoms with van der Waals surface area (Å²) in [6.45, 7) is 13.2. The largest absolute Gasteiger partial charge is 0.476 e. The Morgan fingerprint density at radius 1 is 0.531 bits per heavy atom. The normalized spacial score (nSPS) is 11.8. The standard InChI is InChI=1S/C41H38FN5O3.C25H23N3O3/c1-41(2,3)30-18-16-28(17-19-30)33-12-8-9-13-34(33)38(48)43-32-22-23-36-44-35(26-47(36)25-32)39(49)45-37(29-10-6-5-7-11-29)40(50)46(4)24-27-14-20-31(42)21-15-27;1-25(2,3)17-10-8-16(9-11-17)19-6-4-5-7-20(19)23(29)26-18-12-13-22-27-21(24(30)31)15-28(22)14-18/h5-23,25-26,37H,24H2,1-4H3,(H,43,48)(H,45,49);4-15H,1-3H3,(H,26,29)(H,30,31)/t37-;/m0./s1. The van der Waals surface area contributed by atoms with Gasteiger partial charge in [0.2, 0.25) is 5.91 Å². The van der Waals surface area contributed by atoms with E-state index in [-0.39, 0.29) is 52.3 Å². The van der Waals surface area contributed by atoms with Gasteiger partial charge in [-0.05, 0) is 104 Å². The molecule has 0 saturated heterocycles. The third-order valence-corrected chi connectivity index (χ3v) is 13.7. The fourth-order valence-electron chi connectivity index (χ4n) is 9.21. The summed E-state index contributed by atoms with van der Waals surface area (Å²) in [4.78, 5) is 74.9. The van der Waals surface area contributed by atoms with Crippen LogP contribution in [0.25, 0.3) is 33.5 Å². The zero-order valence-corrected chi connectivity index (χ0v) is 45.9. The molecule has 4 N–H and O–H groups in total. The minimum atomic E-state index is -1.10. The first kappa shape index (κ1) is 55.7. The Kier molecular flexibility index (Phi) is 16.2. The molecule has 81 heavy (non-hydrogen) atoms. The van der Waals surface area contributed by atoms with Gasteiger partial charge in [0.05, 0.1) is 11.4 Å². The van der Waals surface area contributed by atoms with Crippen molar-refractivity contribution in [2.24, 2.45) is 0 Å². The fraction of sp³-hybridized carbons (Fsp3) is 0.167. The SMILES string of the molecule is CC(C)(C)c1ccc(-c2ccccc2C(=O)Nc2ccc3nc(C(=O)O)cn3c2)cc1.CN(Cc1ccc(F)cc1)C(=O)[C@@H](NC(=O)c1cn2cc(NC(=O)c3ccccc3-c3ccc(C(C)(C)C)cc3)ccc2n1)c1ccccc1. The molecule has 408 valence electrons. The quantitative estimate of drug-likeness (QED) is 0.0881. The molecule has 0 aliphatic carbocycles. The molecular formula is C66H61FN8O6. The summed E-state index contributed by atoms with van der Waals surface area (Å²) in [7, 11) is 1.63. The molecule has 15 heteroatoms. The summed E-state index contributed by atoms with van der Waals surface area (Å²) in [6.07, 6.45) is 6.30. The number of pyridine rings is 2. The number of carbonyl (C=O) groups is 5. The molecule has 4 amide bonds. The van der Waals surface area contributed by atoms with Gasteiger partial charge >= 0.3 is 5.97 Å². The van der Waals surface area contributed by atoms with Gasteiger partial charge in [0.1, 0.15) is 28.8 Å². The molecule has 0 aliphatic rings. The lowest BCUT2D eigenvalue weighted by molar-refractivity contribution is -0.132. The molecule has 0 bridgehead atoms. The number of aromatic nitrogens is 4. The molecule has 0 spiro atoms. The number of nitrogens with zero attached hydrogens (tertiary/aromatic N) is 5. The average Bonchev–Trinajstić information content (AvgIpc) is 4.12. The van der Waals surface area contributed by atoms with E-state index in [4.69, 9.17) is 5.11 Å². The topological polar surface area (TPSA) is 180 Å². The van der Waals surface area contributed by atoms with Crippen molar-refractivity contribution in [3.8, 4) is 22.3 Å². The summed E-state index contributed by atoms with van der Waals surface area (Å²) in [5, 5.41) is 17.8. The molecule has 0 fully saturated rings. The van der Waals surface area contributed by atoms with Crippen LogP contribution in [0.4, 0.5) is 15.8 Å². The Bertz CT molecular complexity index is 3930. The molecule has 4 heterocycles. The molecule has 0 unspecified atom stereocenters. The Morgan fingerprint density at radius 3 is 1.44 bits per heavy atom. The molecule has 6 aromatic carbocycles. The number of hydrogen-bond acceptors (Lipinski definition) is 7. The molecule has 14 nitrogen and oxygen atoms in total. The average molecular weight is 1080 g/mol. The molecule has 10 aromatic rings. The van der Waals surface area contributed by atoms with Crippen LogP contribution in [0.5, 0.6) is 0 Å². The molecule has 0 saturated carbocycles. The van der Waals surface area contributed by atoms with Crippen molar-refractivity contribution in [3.63, 3.8) is 0 Å². The van der Waals surface area contributed by atoms with Gasteiger partial charge in [-0.3, -0.25) is 19.2 Å². The minimum Gasteiger partial charge on any atom is -0.476 e. The molecule has 0 aliphatic heterocycles. The second-order valence-electron chi connectivity index (χ2n) is 21.7. The number of imidazole rings is 2. The van der Waals surface area contributed by atoms with Crippen molar-refractivity contribution in [2.45, 2.75) is 65.0 Å². The van der Waals surface area contributed by atoms with Gasteiger partial charge in [-0.25, -0.2) is 19.2 Å². The lowest BCUT2D eigenvalue weighted by Crippen LogP contribution is -2.41. The number of fused-ring (bicyclic) bond motifs is 2. The monoisotopic (exact) mass is 1080 g/mol. The molecule has 10 rings (SSSR count). The van der Waals surface area contributed by atoms with E-state index in [0.29, 0.717) is 39.4 Å². The van der Waals surface area contributed by atoms with Crippen molar-refractivity contribution >= 4 is 52.3 Å². The van der Waals surface area contributed by atoms with Gasteiger partial charge in [0.15, 0.2) is 5.69 Å². The summed E-state index contributed by atoms with van der Waals surface area (Å²) >= 11 is 0. The van der Waals surface area contributed by atoms with Gasteiger partial charge in [-0.1, -0.05) is 169 Å². The second kappa shape index (κ2) is 23.5. The van der Waals surface area contributed by atoms with Gasteiger partial charge in [0, 0.05) is 49.5 Å². The van der Waals surface area contributed by atoms with E-state index in [1.54, 1.807) is 107 Å². The van der Waals surface area contributed by atoms with Crippen LogP contribution >= 0.6 is 0 Å². The number of likely N-dealkylation sites (N-methyl/N-ethyl adjacent to an activating group) is 1. The Labute approximate surface area is 469 Å². The number of carbonyl (C=O) groups excluding carboxylic acids is 4. The van der Waals surface area contributed by atoms with Gasteiger partial charge in [-0.2, -0.15) is 0 Å². The van der Waals surface area contributed by atoms with Crippen LogP contribution in [0.15, 0.2) is 201 Å². The highest BCUT2D eigenvalue weighted by molar-refractivity contribution is 6.09. The Hall–Kier alpha value is -10.0. The zero-order chi connectivity index (χ0) is 57.6. The van der Waals surface area contributed by atoms with E-state index in [2.05, 4.69) is 91.7 Å². The van der Waals surface area contributed by atoms with E-state index in [1.807, 2.05) is 66.7 Å². The van der Waals surface area contributed by atoms with Crippen LogP contribution in [-0.2, 0) is 22.2 Å². The summed E-state index contributed by atoms with van der Waals surface area (Å²) in [5.74, 6) is -2.85. The van der Waals surface area contributed by atoms with Gasteiger partial charge < -0.3 is 34.8 Å². The molecule has 0 radical (unpaired) electrons. The molecule has 4 aromatic heterocycles. The number of carboxylic acid groups (broad SMARTS) is 1. The first-order valence-corrected chi connectivity index (χ1v) is 26.3. The highest BCUT2D eigenvalue weighted by Crippen LogP contribution is 2.31. The smallest absolute Gasteiger partial charge is 0.356 e. The van der Waals surface area contributed by atoms with Gasteiger partial charge in [-0.15, -0.1) is 0 Å². The second-order valence-corrected chi connectivity index (χ2v) is 21.7. The number of rotatable bonds is 13. The number of carboxylic acids is 1. The fourth-order valence-corrected chi connectivity index (χ4v) is 9.21. The predicted octanol–water partition coefficient (Wildman–Crippen LogP) is 13.1. The summed E-state index contributed by atoms with van der Waals surface area (Å²) < 4.78 is 16.7.